The molecule has 0 aliphatic carbocycles. The van der Waals surface area contributed by atoms with Gasteiger partial charge in [0.25, 0.3) is 0 Å². The molecule has 1 aromatic carbocycles. The van der Waals surface area contributed by atoms with Crippen molar-refractivity contribution in [2.24, 2.45) is 0 Å². The summed E-state index contributed by atoms with van der Waals surface area (Å²) in [4.78, 5) is 6.63. The van der Waals surface area contributed by atoms with Crippen molar-refractivity contribution in [1.29, 1.82) is 0 Å². The minimum absolute atomic E-state index is 0. The van der Waals surface area contributed by atoms with Crippen molar-refractivity contribution >= 4 is 46.5 Å². The molecular weight excluding hydrogens is 332 g/mol. The number of fused-ring (bicyclic) bond motifs is 3. The first-order valence-corrected chi connectivity index (χ1v) is 6.94. The van der Waals surface area contributed by atoms with E-state index < -0.39 is 5.82 Å². The normalized spacial score (nSPS) is 15.3. The Bertz CT molecular complexity index is 831. The number of hydrogen-bond donors (Lipinski definition) is 1. The fourth-order valence-corrected chi connectivity index (χ4v) is 2.68. The van der Waals surface area contributed by atoms with Gasteiger partial charge < -0.3 is 10.2 Å². The second kappa shape index (κ2) is 5.79. The van der Waals surface area contributed by atoms with Crippen molar-refractivity contribution in [3.8, 4) is 0 Å². The van der Waals surface area contributed by atoms with Gasteiger partial charge in [0.2, 0.25) is 5.65 Å². The summed E-state index contributed by atoms with van der Waals surface area (Å²) in [5.74, 6) is 0.158. The highest BCUT2D eigenvalue weighted by atomic mass is 35.5. The smallest absolute Gasteiger partial charge is 0.222 e. The van der Waals surface area contributed by atoms with Crippen LogP contribution in [0.5, 0.6) is 0 Å². The second-order valence-electron chi connectivity index (χ2n) is 4.84. The van der Waals surface area contributed by atoms with Gasteiger partial charge in [-0.05, 0) is 16.5 Å². The number of piperazine rings is 1. The Balaban J connectivity index is 0.00000144. The van der Waals surface area contributed by atoms with Crippen LogP contribution in [0.2, 0.25) is 5.02 Å². The van der Waals surface area contributed by atoms with Gasteiger partial charge >= 0.3 is 0 Å². The highest BCUT2D eigenvalue weighted by Gasteiger charge is 2.20. The van der Waals surface area contributed by atoms with E-state index in [1.165, 1.54) is 12.1 Å². The van der Waals surface area contributed by atoms with E-state index in [1.54, 1.807) is 4.52 Å². The lowest BCUT2D eigenvalue weighted by Crippen LogP contribution is -2.44. The molecule has 3 aromatic rings. The van der Waals surface area contributed by atoms with Crippen molar-refractivity contribution in [3.05, 3.63) is 23.0 Å². The SMILES string of the molecule is Cl.Fc1cc2nc(N3CCNCC3)c3nnnn3c2cc1Cl. The van der Waals surface area contributed by atoms with Gasteiger partial charge in [-0.25, -0.2) is 9.37 Å². The van der Waals surface area contributed by atoms with Gasteiger partial charge in [-0.3, -0.25) is 0 Å². The standard InChI is InChI=1S/C12H11ClFN7.ClH/c13-7-5-10-9(6-8(7)14)16-11(12-17-18-19-21(10)12)20-3-1-15-2-4-20;/h5-6,15H,1-4H2;1H. The zero-order valence-corrected chi connectivity index (χ0v) is 12.9. The van der Waals surface area contributed by atoms with Gasteiger partial charge in [-0.2, -0.15) is 4.52 Å². The van der Waals surface area contributed by atoms with Crippen LogP contribution in [0.3, 0.4) is 0 Å². The predicted octanol–water partition coefficient (Wildman–Crippen LogP) is 1.30. The monoisotopic (exact) mass is 343 g/mol. The summed E-state index contributed by atoms with van der Waals surface area (Å²) >= 11 is 5.84. The van der Waals surface area contributed by atoms with Crippen LogP contribution in [-0.2, 0) is 0 Å². The molecule has 0 radical (unpaired) electrons. The highest BCUT2D eigenvalue weighted by Crippen LogP contribution is 2.26. The van der Waals surface area contributed by atoms with Crippen LogP contribution in [0.25, 0.3) is 16.7 Å². The molecule has 0 atom stereocenters. The molecule has 0 amide bonds. The fourth-order valence-electron chi connectivity index (χ4n) is 2.53. The first-order chi connectivity index (χ1) is 10.2. The maximum absolute atomic E-state index is 13.7. The Morgan fingerprint density at radius 1 is 1.23 bits per heavy atom. The van der Waals surface area contributed by atoms with Crippen molar-refractivity contribution in [2.45, 2.75) is 0 Å². The van der Waals surface area contributed by atoms with E-state index in [-0.39, 0.29) is 17.4 Å². The lowest BCUT2D eigenvalue weighted by Gasteiger charge is -2.28. The summed E-state index contributed by atoms with van der Waals surface area (Å²) < 4.78 is 15.2. The van der Waals surface area contributed by atoms with Gasteiger partial charge in [0.15, 0.2) is 5.82 Å². The molecule has 7 nitrogen and oxygen atoms in total. The maximum atomic E-state index is 13.7. The topological polar surface area (TPSA) is 71.2 Å². The summed E-state index contributed by atoms with van der Waals surface area (Å²) in [6.45, 7) is 3.33. The molecule has 3 heterocycles. The number of benzene rings is 1. The summed E-state index contributed by atoms with van der Waals surface area (Å²) in [6, 6.07) is 2.80. The average molecular weight is 344 g/mol. The molecule has 1 N–H and O–H groups in total. The zero-order valence-electron chi connectivity index (χ0n) is 11.3. The molecule has 2 aromatic heterocycles. The Morgan fingerprint density at radius 2 is 2.00 bits per heavy atom. The van der Waals surface area contributed by atoms with E-state index in [0.29, 0.717) is 22.5 Å². The van der Waals surface area contributed by atoms with E-state index >= 15 is 0 Å². The quantitative estimate of drug-likeness (QED) is 0.718. The van der Waals surface area contributed by atoms with Gasteiger partial charge in [-0.15, -0.1) is 17.5 Å². The molecule has 10 heteroatoms. The van der Waals surface area contributed by atoms with Gasteiger partial charge in [0, 0.05) is 32.2 Å². The predicted molar refractivity (Wildman–Crippen MR) is 83.4 cm³/mol. The first kappa shape index (κ1) is 15.1. The van der Waals surface area contributed by atoms with E-state index in [0.717, 1.165) is 26.2 Å². The van der Waals surface area contributed by atoms with E-state index in [9.17, 15) is 4.39 Å². The molecular formula is C12H12Cl2FN7. The largest absolute Gasteiger partial charge is 0.351 e. The molecule has 0 bridgehead atoms. The molecule has 0 unspecified atom stereocenters. The average Bonchev–Trinajstić information content (AvgIpc) is 2.99. The van der Waals surface area contributed by atoms with E-state index in [1.807, 2.05) is 0 Å². The summed E-state index contributed by atoms with van der Waals surface area (Å²) in [6.07, 6.45) is 0. The summed E-state index contributed by atoms with van der Waals surface area (Å²) in [5.41, 5.74) is 1.61. The van der Waals surface area contributed by atoms with Crippen molar-refractivity contribution in [3.63, 3.8) is 0 Å². The molecule has 4 rings (SSSR count). The van der Waals surface area contributed by atoms with Gasteiger partial charge in [0.05, 0.1) is 16.1 Å². The Morgan fingerprint density at radius 3 is 2.77 bits per heavy atom. The minimum atomic E-state index is -0.504. The number of rotatable bonds is 1. The minimum Gasteiger partial charge on any atom is -0.351 e. The maximum Gasteiger partial charge on any atom is 0.222 e. The molecule has 0 saturated carbocycles. The lowest BCUT2D eigenvalue weighted by molar-refractivity contribution is 0.585. The number of halogens is 3. The van der Waals surface area contributed by atoms with Gasteiger partial charge in [-0.1, -0.05) is 11.6 Å². The third kappa shape index (κ3) is 2.33. The van der Waals surface area contributed by atoms with Crippen molar-refractivity contribution in [2.75, 3.05) is 31.1 Å². The van der Waals surface area contributed by atoms with Crippen molar-refractivity contribution < 1.29 is 4.39 Å². The van der Waals surface area contributed by atoms with E-state index in [4.69, 9.17) is 11.6 Å². The van der Waals surface area contributed by atoms with Crippen LogP contribution in [0.15, 0.2) is 12.1 Å². The van der Waals surface area contributed by atoms with Gasteiger partial charge in [0.1, 0.15) is 5.82 Å². The number of nitrogens with one attached hydrogen (secondary N) is 1. The summed E-state index contributed by atoms with van der Waals surface area (Å²) in [5, 5.41) is 15.0. The lowest BCUT2D eigenvalue weighted by atomic mass is 10.2. The van der Waals surface area contributed by atoms with E-state index in [2.05, 4.69) is 30.7 Å². The Hall–Kier alpha value is -1.77. The van der Waals surface area contributed by atoms with Crippen molar-refractivity contribution in [1.82, 2.24) is 30.3 Å². The number of aromatic nitrogens is 5. The molecule has 1 aliphatic rings. The Kier molecular flexibility index (Phi) is 3.98. The molecule has 1 aliphatic heterocycles. The zero-order chi connectivity index (χ0) is 14.4. The van der Waals surface area contributed by atoms with Crippen LogP contribution >= 0.6 is 24.0 Å². The highest BCUT2D eigenvalue weighted by molar-refractivity contribution is 6.31. The molecule has 1 fully saturated rings. The van der Waals surface area contributed by atoms with Crippen LogP contribution in [0, 0.1) is 5.82 Å². The summed E-state index contributed by atoms with van der Waals surface area (Å²) in [7, 11) is 0. The number of hydrogen-bond acceptors (Lipinski definition) is 6. The molecule has 116 valence electrons. The van der Waals surface area contributed by atoms with Crippen LogP contribution in [0.1, 0.15) is 0 Å². The third-order valence-electron chi connectivity index (χ3n) is 3.56. The third-order valence-corrected chi connectivity index (χ3v) is 3.85. The fraction of sp³-hybridized carbons (Fsp3) is 0.333. The number of anilines is 1. The molecule has 22 heavy (non-hydrogen) atoms. The van der Waals surface area contributed by atoms with Crippen LogP contribution < -0.4 is 10.2 Å². The number of nitrogens with zero attached hydrogens (tertiary/aromatic N) is 6. The number of tetrazole rings is 1. The second-order valence-corrected chi connectivity index (χ2v) is 5.25. The molecule has 1 saturated heterocycles. The van der Waals surface area contributed by atoms with Crippen LogP contribution in [-0.4, -0.2) is 51.2 Å². The first-order valence-electron chi connectivity index (χ1n) is 6.56. The Labute approximate surface area is 135 Å². The van der Waals surface area contributed by atoms with Crippen LogP contribution in [0.4, 0.5) is 10.2 Å². The molecule has 0 spiro atoms.